The molecular formula is C21H17NO3. The SMILES string of the molecule is O=C(/C=C/c1ccccc1)N(Cc1ccccc1)C(=O)c1ccoc1. The Morgan fingerprint density at radius 1 is 0.920 bits per heavy atom. The number of amides is 2. The van der Waals surface area contributed by atoms with Crippen molar-refractivity contribution < 1.29 is 14.0 Å². The summed E-state index contributed by atoms with van der Waals surface area (Å²) in [5.74, 6) is -0.765. The zero-order valence-corrected chi connectivity index (χ0v) is 13.5. The average Bonchev–Trinajstić information content (AvgIpc) is 3.20. The molecule has 1 aromatic heterocycles. The number of furan rings is 1. The van der Waals surface area contributed by atoms with Gasteiger partial charge in [0.25, 0.3) is 11.8 Å². The van der Waals surface area contributed by atoms with Crippen LogP contribution >= 0.6 is 0 Å². The highest BCUT2D eigenvalue weighted by molar-refractivity contribution is 6.08. The van der Waals surface area contributed by atoms with E-state index in [1.165, 1.54) is 23.5 Å². The minimum atomic E-state index is -0.389. The summed E-state index contributed by atoms with van der Waals surface area (Å²) in [5.41, 5.74) is 2.12. The quantitative estimate of drug-likeness (QED) is 0.660. The van der Waals surface area contributed by atoms with Crippen LogP contribution in [-0.2, 0) is 11.3 Å². The molecular weight excluding hydrogens is 314 g/mol. The normalized spacial score (nSPS) is 10.7. The summed E-state index contributed by atoms with van der Waals surface area (Å²) in [6.07, 6.45) is 5.87. The van der Waals surface area contributed by atoms with Gasteiger partial charge in [-0.3, -0.25) is 14.5 Å². The van der Waals surface area contributed by atoms with Crippen LogP contribution in [0.3, 0.4) is 0 Å². The number of rotatable bonds is 5. The molecule has 3 rings (SSSR count). The molecule has 124 valence electrons. The van der Waals surface area contributed by atoms with Crippen molar-refractivity contribution in [1.29, 1.82) is 0 Å². The molecule has 0 saturated heterocycles. The second-order valence-electron chi connectivity index (χ2n) is 5.47. The third-order valence-corrected chi connectivity index (χ3v) is 3.68. The topological polar surface area (TPSA) is 50.5 Å². The van der Waals surface area contributed by atoms with Crippen LogP contribution in [0.25, 0.3) is 6.08 Å². The molecule has 0 aliphatic carbocycles. The largest absolute Gasteiger partial charge is 0.472 e. The van der Waals surface area contributed by atoms with Gasteiger partial charge in [0.1, 0.15) is 6.26 Å². The molecule has 0 fully saturated rings. The number of carbonyl (C=O) groups excluding carboxylic acids is 2. The number of imide groups is 1. The maximum atomic E-state index is 12.7. The van der Waals surface area contributed by atoms with E-state index in [9.17, 15) is 9.59 Å². The van der Waals surface area contributed by atoms with Gasteiger partial charge in [-0.15, -0.1) is 0 Å². The highest BCUT2D eigenvalue weighted by atomic mass is 16.3. The molecule has 0 N–H and O–H groups in total. The molecule has 3 aromatic rings. The van der Waals surface area contributed by atoms with Gasteiger partial charge in [-0.1, -0.05) is 60.7 Å². The molecule has 0 atom stereocenters. The van der Waals surface area contributed by atoms with Crippen molar-refractivity contribution in [2.45, 2.75) is 6.54 Å². The molecule has 4 nitrogen and oxygen atoms in total. The Morgan fingerprint density at radius 2 is 1.60 bits per heavy atom. The zero-order chi connectivity index (χ0) is 17.5. The first kappa shape index (κ1) is 16.5. The van der Waals surface area contributed by atoms with E-state index in [-0.39, 0.29) is 18.4 Å². The highest BCUT2D eigenvalue weighted by Gasteiger charge is 2.22. The Labute approximate surface area is 146 Å². The predicted octanol–water partition coefficient (Wildman–Crippen LogP) is 4.16. The van der Waals surface area contributed by atoms with E-state index < -0.39 is 0 Å². The highest BCUT2D eigenvalue weighted by Crippen LogP contribution is 2.12. The van der Waals surface area contributed by atoms with Gasteiger partial charge in [0.2, 0.25) is 0 Å². The number of benzene rings is 2. The first-order valence-corrected chi connectivity index (χ1v) is 7.89. The summed E-state index contributed by atoms with van der Waals surface area (Å²) in [6.45, 7) is 0.197. The average molecular weight is 331 g/mol. The second kappa shape index (κ2) is 7.93. The Balaban J connectivity index is 1.83. The molecule has 0 spiro atoms. The minimum absolute atomic E-state index is 0.197. The van der Waals surface area contributed by atoms with Gasteiger partial charge in [0.15, 0.2) is 0 Å². The lowest BCUT2D eigenvalue weighted by Crippen LogP contribution is -2.35. The first-order valence-electron chi connectivity index (χ1n) is 7.89. The fraction of sp³-hybridized carbons (Fsp3) is 0.0476. The van der Waals surface area contributed by atoms with Gasteiger partial charge in [-0.2, -0.15) is 0 Å². The number of hydrogen-bond donors (Lipinski definition) is 0. The smallest absolute Gasteiger partial charge is 0.264 e. The molecule has 0 bridgehead atoms. The zero-order valence-electron chi connectivity index (χ0n) is 13.5. The van der Waals surface area contributed by atoms with Crippen molar-refractivity contribution in [3.05, 3.63) is 102 Å². The van der Waals surface area contributed by atoms with Crippen molar-refractivity contribution in [2.24, 2.45) is 0 Å². The number of nitrogens with zero attached hydrogens (tertiary/aromatic N) is 1. The van der Waals surface area contributed by atoms with Gasteiger partial charge < -0.3 is 4.42 Å². The van der Waals surface area contributed by atoms with Crippen LogP contribution in [-0.4, -0.2) is 16.7 Å². The van der Waals surface area contributed by atoms with Crippen molar-refractivity contribution in [2.75, 3.05) is 0 Å². The summed E-state index contributed by atoms with van der Waals surface area (Å²) in [7, 11) is 0. The predicted molar refractivity (Wildman–Crippen MR) is 95.5 cm³/mol. The number of carbonyl (C=O) groups is 2. The number of hydrogen-bond acceptors (Lipinski definition) is 3. The summed E-state index contributed by atoms with van der Waals surface area (Å²) in [4.78, 5) is 26.5. The van der Waals surface area contributed by atoms with E-state index in [4.69, 9.17) is 4.42 Å². The van der Waals surface area contributed by atoms with Crippen molar-refractivity contribution >= 4 is 17.9 Å². The molecule has 4 heteroatoms. The molecule has 0 saturated carbocycles. The van der Waals surface area contributed by atoms with Gasteiger partial charge in [-0.05, 0) is 23.3 Å². The van der Waals surface area contributed by atoms with Crippen molar-refractivity contribution in [3.63, 3.8) is 0 Å². The van der Waals surface area contributed by atoms with Crippen LogP contribution < -0.4 is 0 Å². The second-order valence-corrected chi connectivity index (χ2v) is 5.47. The third kappa shape index (κ3) is 4.32. The van der Waals surface area contributed by atoms with Gasteiger partial charge in [-0.25, -0.2) is 0 Å². The molecule has 2 amide bonds. The Bertz CT molecular complexity index is 853. The van der Waals surface area contributed by atoms with Crippen LogP contribution in [0.1, 0.15) is 21.5 Å². The van der Waals surface area contributed by atoms with E-state index in [0.29, 0.717) is 5.56 Å². The summed E-state index contributed by atoms with van der Waals surface area (Å²) in [5, 5.41) is 0. The fourth-order valence-corrected chi connectivity index (χ4v) is 2.38. The molecule has 0 radical (unpaired) electrons. The lowest BCUT2D eigenvalue weighted by molar-refractivity contribution is -0.124. The first-order chi connectivity index (χ1) is 12.2. The van der Waals surface area contributed by atoms with Gasteiger partial charge in [0, 0.05) is 6.08 Å². The molecule has 0 aliphatic rings. The van der Waals surface area contributed by atoms with Gasteiger partial charge in [0.05, 0.1) is 18.4 Å². The lowest BCUT2D eigenvalue weighted by atomic mass is 10.1. The van der Waals surface area contributed by atoms with Crippen LogP contribution in [0.15, 0.2) is 89.7 Å². The van der Waals surface area contributed by atoms with E-state index in [1.807, 2.05) is 60.7 Å². The molecule has 2 aromatic carbocycles. The summed E-state index contributed by atoms with van der Waals surface area (Å²) in [6, 6.07) is 20.4. The van der Waals surface area contributed by atoms with E-state index in [1.54, 1.807) is 12.1 Å². The van der Waals surface area contributed by atoms with Gasteiger partial charge >= 0.3 is 0 Å². The van der Waals surface area contributed by atoms with E-state index >= 15 is 0 Å². The van der Waals surface area contributed by atoms with Crippen LogP contribution in [0.2, 0.25) is 0 Å². The van der Waals surface area contributed by atoms with Crippen LogP contribution in [0, 0.1) is 0 Å². The van der Waals surface area contributed by atoms with Crippen LogP contribution in [0.4, 0.5) is 0 Å². The molecule has 25 heavy (non-hydrogen) atoms. The standard InChI is InChI=1S/C21H17NO3/c23-20(12-11-17-7-3-1-4-8-17)22(15-18-9-5-2-6-10-18)21(24)19-13-14-25-16-19/h1-14,16H,15H2/b12-11+. The Kier molecular flexibility index (Phi) is 5.22. The van der Waals surface area contributed by atoms with Crippen LogP contribution in [0.5, 0.6) is 0 Å². The molecule has 0 unspecified atom stereocenters. The molecule has 0 aliphatic heterocycles. The monoisotopic (exact) mass is 331 g/mol. The maximum Gasteiger partial charge on any atom is 0.264 e. The fourth-order valence-electron chi connectivity index (χ4n) is 2.38. The minimum Gasteiger partial charge on any atom is -0.472 e. The summed E-state index contributed by atoms with van der Waals surface area (Å²) >= 11 is 0. The van der Waals surface area contributed by atoms with E-state index in [2.05, 4.69) is 0 Å². The summed E-state index contributed by atoms with van der Waals surface area (Å²) < 4.78 is 4.97. The lowest BCUT2D eigenvalue weighted by Gasteiger charge is -2.18. The van der Waals surface area contributed by atoms with E-state index in [0.717, 1.165) is 11.1 Å². The third-order valence-electron chi connectivity index (χ3n) is 3.68. The Hall–Kier alpha value is -3.40. The molecule has 1 heterocycles. The Morgan fingerprint density at radius 3 is 2.24 bits per heavy atom. The van der Waals surface area contributed by atoms with Crippen molar-refractivity contribution in [3.8, 4) is 0 Å². The van der Waals surface area contributed by atoms with Crippen molar-refractivity contribution in [1.82, 2.24) is 4.90 Å². The maximum absolute atomic E-state index is 12.7.